The number of amides is 1. The van der Waals surface area contributed by atoms with Crippen LogP contribution in [0.5, 0.6) is 0 Å². The number of carbonyl (C=O) groups excluding carboxylic acids is 1. The molecule has 1 heterocycles. The van der Waals surface area contributed by atoms with Crippen LogP contribution < -0.4 is 10.6 Å². The van der Waals surface area contributed by atoms with E-state index in [1.54, 1.807) is 13.0 Å². The van der Waals surface area contributed by atoms with Gasteiger partial charge in [-0.1, -0.05) is 0 Å². The van der Waals surface area contributed by atoms with Crippen molar-refractivity contribution < 1.29 is 9.72 Å². The Bertz CT molecular complexity index is 502. The average molecular weight is 300 g/mol. The fraction of sp³-hybridized carbons (Fsp3) is 0.462. The first kappa shape index (κ1) is 16.4. The summed E-state index contributed by atoms with van der Waals surface area (Å²) >= 11 is 0. The summed E-state index contributed by atoms with van der Waals surface area (Å²) in [6.45, 7) is 3.52. The largest absolute Gasteiger partial charge is 0.349 e. The van der Waals surface area contributed by atoms with Gasteiger partial charge in [-0.25, -0.2) is 0 Å². The predicted octanol–water partition coefficient (Wildman–Crippen LogP) is 1.81. The second-order valence-corrected chi connectivity index (χ2v) is 4.81. The lowest BCUT2D eigenvalue weighted by Gasteiger charge is -2.23. The average Bonchev–Trinajstić information content (AvgIpc) is 2.39. The summed E-state index contributed by atoms with van der Waals surface area (Å²) in [7, 11) is 0. The van der Waals surface area contributed by atoms with Crippen molar-refractivity contribution in [2.75, 3.05) is 13.1 Å². The molecule has 1 aliphatic rings. The molecule has 7 heteroatoms. The van der Waals surface area contributed by atoms with Crippen LogP contribution in [0.2, 0.25) is 0 Å². The van der Waals surface area contributed by atoms with Crippen molar-refractivity contribution in [2.45, 2.75) is 25.8 Å². The Kier molecular flexibility index (Phi) is 5.91. The fourth-order valence-electron chi connectivity index (χ4n) is 2.23. The highest BCUT2D eigenvalue weighted by molar-refractivity contribution is 5.95. The zero-order chi connectivity index (χ0) is 13.8. The van der Waals surface area contributed by atoms with E-state index in [1.165, 1.54) is 12.1 Å². The molecule has 0 unspecified atom stereocenters. The van der Waals surface area contributed by atoms with Crippen LogP contribution in [0.3, 0.4) is 0 Å². The molecular weight excluding hydrogens is 282 g/mol. The second-order valence-electron chi connectivity index (χ2n) is 4.81. The zero-order valence-corrected chi connectivity index (χ0v) is 12.0. The Morgan fingerprint density at radius 2 is 2.00 bits per heavy atom. The van der Waals surface area contributed by atoms with Crippen LogP contribution >= 0.6 is 12.4 Å². The highest BCUT2D eigenvalue weighted by atomic mass is 35.5. The van der Waals surface area contributed by atoms with Gasteiger partial charge in [0.1, 0.15) is 0 Å². The highest BCUT2D eigenvalue weighted by Crippen LogP contribution is 2.17. The van der Waals surface area contributed by atoms with E-state index in [2.05, 4.69) is 10.6 Å². The van der Waals surface area contributed by atoms with E-state index in [0.29, 0.717) is 11.1 Å². The Morgan fingerprint density at radius 1 is 1.35 bits per heavy atom. The molecule has 0 saturated carbocycles. The minimum Gasteiger partial charge on any atom is -0.349 e. The Hall–Kier alpha value is -1.66. The Balaban J connectivity index is 0.00000200. The van der Waals surface area contributed by atoms with Crippen molar-refractivity contribution in [3.63, 3.8) is 0 Å². The molecule has 0 atom stereocenters. The summed E-state index contributed by atoms with van der Waals surface area (Å²) in [4.78, 5) is 22.4. The first-order chi connectivity index (χ1) is 9.06. The molecule has 2 N–H and O–H groups in total. The molecule has 0 radical (unpaired) electrons. The number of non-ortho nitro benzene ring substituents is 1. The lowest BCUT2D eigenvalue weighted by molar-refractivity contribution is -0.384. The molecule has 20 heavy (non-hydrogen) atoms. The lowest BCUT2D eigenvalue weighted by atomic mass is 10.1. The van der Waals surface area contributed by atoms with Gasteiger partial charge >= 0.3 is 0 Å². The van der Waals surface area contributed by atoms with E-state index in [-0.39, 0.29) is 30.0 Å². The third-order valence-corrected chi connectivity index (χ3v) is 3.21. The van der Waals surface area contributed by atoms with Crippen LogP contribution in [0.25, 0.3) is 0 Å². The molecule has 1 aromatic rings. The molecule has 2 rings (SSSR count). The highest BCUT2D eigenvalue weighted by Gasteiger charge is 2.18. The number of hydrogen-bond donors (Lipinski definition) is 2. The number of aryl methyl sites for hydroxylation is 1. The maximum absolute atomic E-state index is 12.1. The minimum atomic E-state index is -0.478. The molecule has 0 spiro atoms. The van der Waals surface area contributed by atoms with Gasteiger partial charge < -0.3 is 10.6 Å². The molecule has 1 aromatic carbocycles. The van der Waals surface area contributed by atoms with Gasteiger partial charge in [-0.15, -0.1) is 12.4 Å². The number of benzene rings is 1. The van der Waals surface area contributed by atoms with Gasteiger partial charge in [0.05, 0.1) is 4.92 Å². The van der Waals surface area contributed by atoms with Crippen LogP contribution in [0, 0.1) is 17.0 Å². The first-order valence-electron chi connectivity index (χ1n) is 6.34. The molecule has 110 valence electrons. The fourth-order valence-corrected chi connectivity index (χ4v) is 2.23. The third-order valence-electron chi connectivity index (χ3n) is 3.21. The molecule has 1 aliphatic heterocycles. The standard InChI is InChI=1S/C13H17N3O3.ClH/c1-9-6-10(8-12(7-9)16(18)19)13(17)15-11-2-4-14-5-3-11;/h6-8,11,14H,2-5H2,1H3,(H,15,17);1H. The SMILES string of the molecule is Cc1cc(C(=O)NC2CCNCC2)cc([N+](=O)[O-])c1.Cl. The number of nitrogens with one attached hydrogen (secondary N) is 2. The minimum absolute atomic E-state index is 0. The van der Waals surface area contributed by atoms with Gasteiger partial charge in [0.2, 0.25) is 0 Å². The van der Waals surface area contributed by atoms with Crippen LogP contribution in [0.1, 0.15) is 28.8 Å². The normalized spacial score (nSPS) is 15.2. The molecule has 1 fully saturated rings. The van der Waals surface area contributed by atoms with E-state index in [0.717, 1.165) is 25.9 Å². The number of halogens is 1. The van der Waals surface area contributed by atoms with Gasteiger partial charge in [-0.05, 0) is 44.5 Å². The number of carbonyl (C=O) groups is 1. The first-order valence-corrected chi connectivity index (χ1v) is 6.34. The number of piperidine rings is 1. The maximum Gasteiger partial charge on any atom is 0.270 e. The van der Waals surface area contributed by atoms with Crippen molar-refractivity contribution in [3.05, 3.63) is 39.4 Å². The Morgan fingerprint density at radius 3 is 2.60 bits per heavy atom. The molecule has 0 bridgehead atoms. The van der Waals surface area contributed by atoms with Crippen LogP contribution in [0.4, 0.5) is 5.69 Å². The van der Waals surface area contributed by atoms with Crippen molar-refractivity contribution in [2.24, 2.45) is 0 Å². The van der Waals surface area contributed by atoms with Gasteiger partial charge in [0.25, 0.3) is 11.6 Å². The van der Waals surface area contributed by atoms with Crippen LogP contribution in [-0.2, 0) is 0 Å². The molecule has 1 amide bonds. The van der Waals surface area contributed by atoms with Crippen molar-refractivity contribution in [1.82, 2.24) is 10.6 Å². The topological polar surface area (TPSA) is 84.3 Å². The van der Waals surface area contributed by atoms with E-state index in [9.17, 15) is 14.9 Å². The molecule has 0 aliphatic carbocycles. The summed E-state index contributed by atoms with van der Waals surface area (Å²) in [6, 6.07) is 4.60. The zero-order valence-electron chi connectivity index (χ0n) is 11.2. The third kappa shape index (κ3) is 4.18. The Labute approximate surface area is 123 Å². The van der Waals surface area contributed by atoms with Gasteiger partial charge in [-0.3, -0.25) is 14.9 Å². The van der Waals surface area contributed by atoms with Crippen molar-refractivity contribution >= 4 is 24.0 Å². The number of nitro benzene ring substituents is 1. The smallest absolute Gasteiger partial charge is 0.270 e. The number of rotatable bonds is 3. The molecule has 1 saturated heterocycles. The summed E-state index contributed by atoms with van der Waals surface area (Å²) in [5.41, 5.74) is 1.02. The van der Waals surface area contributed by atoms with Crippen LogP contribution in [0.15, 0.2) is 18.2 Å². The van der Waals surface area contributed by atoms with Gasteiger partial charge in [0.15, 0.2) is 0 Å². The van der Waals surface area contributed by atoms with Crippen LogP contribution in [-0.4, -0.2) is 30.0 Å². The van der Waals surface area contributed by atoms with Crippen molar-refractivity contribution in [3.8, 4) is 0 Å². The quantitative estimate of drug-likeness (QED) is 0.658. The van der Waals surface area contributed by atoms with E-state index in [4.69, 9.17) is 0 Å². The second kappa shape index (κ2) is 7.21. The lowest BCUT2D eigenvalue weighted by Crippen LogP contribution is -2.42. The van der Waals surface area contributed by atoms with E-state index < -0.39 is 4.92 Å². The number of nitrogens with zero attached hydrogens (tertiary/aromatic N) is 1. The maximum atomic E-state index is 12.1. The molecule has 6 nitrogen and oxygen atoms in total. The van der Waals surface area contributed by atoms with Gasteiger partial charge in [-0.2, -0.15) is 0 Å². The van der Waals surface area contributed by atoms with E-state index >= 15 is 0 Å². The molecule has 0 aromatic heterocycles. The number of nitro groups is 1. The monoisotopic (exact) mass is 299 g/mol. The molecular formula is C13H18ClN3O3. The summed E-state index contributed by atoms with van der Waals surface area (Å²) in [5, 5.41) is 16.9. The predicted molar refractivity (Wildman–Crippen MR) is 78.4 cm³/mol. The summed E-state index contributed by atoms with van der Waals surface area (Å²) in [5.74, 6) is -0.237. The van der Waals surface area contributed by atoms with E-state index in [1.807, 2.05) is 0 Å². The van der Waals surface area contributed by atoms with Crippen molar-refractivity contribution in [1.29, 1.82) is 0 Å². The number of hydrogen-bond acceptors (Lipinski definition) is 4. The summed E-state index contributed by atoms with van der Waals surface area (Å²) in [6.07, 6.45) is 1.78. The van der Waals surface area contributed by atoms with Gasteiger partial charge in [0, 0.05) is 23.7 Å². The summed E-state index contributed by atoms with van der Waals surface area (Å²) < 4.78 is 0.